The number of para-hydroxylation sites is 1. The van der Waals surface area contributed by atoms with E-state index in [1.165, 1.54) is 12.3 Å². The van der Waals surface area contributed by atoms with Crippen molar-refractivity contribution in [1.29, 1.82) is 0 Å². The first-order valence-electron chi connectivity index (χ1n) is 8.92. The number of rotatable bonds is 7. The van der Waals surface area contributed by atoms with Crippen molar-refractivity contribution in [3.8, 4) is 0 Å². The molecule has 0 aliphatic carbocycles. The summed E-state index contributed by atoms with van der Waals surface area (Å²) in [6.07, 6.45) is 1.46. The summed E-state index contributed by atoms with van der Waals surface area (Å²) in [5.41, 5.74) is 1.72. The van der Waals surface area contributed by atoms with Gasteiger partial charge >= 0.3 is 5.97 Å². The molecule has 0 spiro atoms. The van der Waals surface area contributed by atoms with Crippen LogP contribution in [0.1, 0.15) is 26.4 Å². The number of anilines is 1. The van der Waals surface area contributed by atoms with Gasteiger partial charge in [-0.05, 0) is 29.8 Å². The minimum Gasteiger partial charge on any atom is -0.451 e. The van der Waals surface area contributed by atoms with Crippen LogP contribution in [0.5, 0.6) is 0 Å². The van der Waals surface area contributed by atoms with Crippen molar-refractivity contribution < 1.29 is 19.1 Å². The van der Waals surface area contributed by atoms with Crippen molar-refractivity contribution in [2.75, 3.05) is 11.9 Å². The molecule has 7 nitrogen and oxygen atoms in total. The average molecular weight is 389 g/mol. The van der Waals surface area contributed by atoms with E-state index in [-0.39, 0.29) is 11.6 Å². The molecule has 0 atom stereocenters. The predicted octanol–water partition coefficient (Wildman–Crippen LogP) is 2.81. The molecule has 1 heterocycles. The van der Waals surface area contributed by atoms with Crippen LogP contribution >= 0.6 is 0 Å². The number of pyridine rings is 1. The summed E-state index contributed by atoms with van der Waals surface area (Å²) in [5.74, 6) is -1.58. The van der Waals surface area contributed by atoms with Crippen LogP contribution in [0.4, 0.5) is 5.69 Å². The molecule has 1 aromatic heterocycles. The van der Waals surface area contributed by atoms with Crippen molar-refractivity contribution in [3.63, 3.8) is 0 Å². The highest BCUT2D eigenvalue weighted by molar-refractivity contribution is 6.04. The molecule has 3 aromatic rings. The average Bonchev–Trinajstić information content (AvgIpc) is 2.77. The van der Waals surface area contributed by atoms with E-state index in [4.69, 9.17) is 4.74 Å². The molecule has 146 valence electrons. The van der Waals surface area contributed by atoms with Crippen molar-refractivity contribution in [2.45, 2.75) is 6.54 Å². The molecule has 0 saturated heterocycles. The Balaban J connectivity index is 1.57. The van der Waals surface area contributed by atoms with Gasteiger partial charge in [0.1, 0.15) is 5.69 Å². The van der Waals surface area contributed by atoms with Gasteiger partial charge in [-0.25, -0.2) is 9.78 Å². The fourth-order valence-corrected chi connectivity index (χ4v) is 2.54. The summed E-state index contributed by atoms with van der Waals surface area (Å²) in [6.45, 7) is -0.126. The standard InChI is InChI=1S/C22H19N3O4/c26-20(15-29-22(28)19-12-6-7-13-23-19)25-18-11-5-4-10-17(18)21(27)24-14-16-8-2-1-3-9-16/h1-13H,14-15H2,(H,24,27)(H,25,26). The maximum Gasteiger partial charge on any atom is 0.357 e. The second-order valence-electron chi connectivity index (χ2n) is 6.05. The van der Waals surface area contributed by atoms with Crippen LogP contribution in [0.3, 0.4) is 0 Å². The lowest BCUT2D eigenvalue weighted by molar-refractivity contribution is -0.119. The van der Waals surface area contributed by atoms with E-state index in [0.29, 0.717) is 17.8 Å². The molecule has 2 amide bonds. The van der Waals surface area contributed by atoms with E-state index in [9.17, 15) is 14.4 Å². The number of ether oxygens (including phenoxy) is 1. The van der Waals surface area contributed by atoms with Gasteiger partial charge in [0.2, 0.25) is 0 Å². The van der Waals surface area contributed by atoms with Crippen molar-refractivity contribution in [1.82, 2.24) is 10.3 Å². The zero-order valence-electron chi connectivity index (χ0n) is 15.5. The van der Waals surface area contributed by atoms with Crippen LogP contribution in [-0.4, -0.2) is 29.4 Å². The van der Waals surface area contributed by atoms with Gasteiger partial charge in [0, 0.05) is 12.7 Å². The van der Waals surface area contributed by atoms with Crippen molar-refractivity contribution >= 4 is 23.5 Å². The SMILES string of the molecule is O=C(COC(=O)c1ccccn1)Nc1ccccc1C(=O)NCc1ccccc1. The Kier molecular flexibility index (Phi) is 6.67. The summed E-state index contributed by atoms with van der Waals surface area (Å²) in [7, 11) is 0. The molecule has 0 aliphatic heterocycles. The first-order chi connectivity index (χ1) is 14.1. The third kappa shape index (κ3) is 5.74. The molecular formula is C22H19N3O4. The number of hydrogen-bond acceptors (Lipinski definition) is 5. The molecular weight excluding hydrogens is 370 g/mol. The monoisotopic (exact) mass is 389 g/mol. The predicted molar refractivity (Wildman–Crippen MR) is 107 cm³/mol. The van der Waals surface area contributed by atoms with Gasteiger partial charge in [-0.1, -0.05) is 48.5 Å². The third-order valence-electron chi connectivity index (χ3n) is 3.95. The first-order valence-corrected chi connectivity index (χ1v) is 8.92. The van der Waals surface area contributed by atoms with E-state index in [2.05, 4.69) is 15.6 Å². The Hall–Kier alpha value is -4.00. The molecule has 7 heteroatoms. The second-order valence-corrected chi connectivity index (χ2v) is 6.05. The topological polar surface area (TPSA) is 97.4 Å². The zero-order chi connectivity index (χ0) is 20.5. The van der Waals surface area contributed by atoms with Gasteiger partial charge in [0.15, 0.2) is 6.61 Å². The number of hydrogen-bond donors (Lipinski definition) is 2. The first kappa shape index (κ1) is 19.8. The number of nitrogens with zero attached hydrogens (tertiary/aromatic N) is 1. The van der Waals surface area contributed by atoms with Gasteiger partial charge in [-0.3, -0.25) is 9.59 Å². The molecule has 0 saturated carbocycles. The number of aromatic nitrogens is 1. The van der Waals surface area contributed by atoms with Gasteiger partial charge in [-0.2, -0.15) is 0 Å². The minimum atomic E-state index is -0.699. The molecule has 0 radical (unpaired) electrons. The summed E-state index contributed by atoms with van der Waals surface area (Å²) < 4.78 is 4.95. The van der Waals surface area contributed by atoms with E-state index >= 15 is 0 Å². The summed E-state index contributed by atoms with van der Waals surface area (Å²) in [4.78, 5) is 40.4. The highest BCUT2D eigenvalue weighted by atomic mass is 16.5. The number of amides is 2. The largest absolute Gasteiger partial charge is 0.451 e. The Morgan fingerprint density at radius 1 is 0.862 bits per heavy atom. The molecule has 0 unspecified atom stereocenters. The highest BCUT2D eigenvalue weighted by Crippen LogP contribution is 2.15. The van der Waals surface area contributed by atoms with E-state index in [0.717, 1.165) is 5.56 Å². The van der Waals surface area contributed by atoms with Crippen LogP contribution in [0.15, 0.2) is 79.0 Å². The Morgan fingerprint density at radius 3 is 2.34 bits per heavy atom. The Labute approximate surface area is 167 Å². The number of nitrogens with one attached hydrogen (secondary N) is 2. The maximum atomic E-state index is 12.5. The molecule has 0 aliphatic rings. The highest BCUT2D eigenvalue weighted by Gasteiger charge is 2.15. The molecule has 0 fully saturated rings. The van der Waals surface area contributed by atoms with E-state index < -0.39 is 18.5 Å². The number of carbonyl (C=O) groups excluding carboxylic acids is 3. The summed E-state index contributed by atoms with van der Waals surface area (Å²) in [6, 6.07) is 20.9. The lowest BCUT2D eigenvalue weighted by Crippen LogP contribution is -2.26. The smallest absolute Gasteiger partial charge is 0.357 e. The molecule has 2 aromatic carbocycles. The molecule has 2 N–H and O–H groups in total. The van der Waals surface area contributed by atoms with E-state index in [1.807, 2.05) is 30.3 Å². The van der Waals surface area contributed by atoms with Gasteiger partial charge in [0.25, 0.3) is 11.8 Å². The normalized spacial score (nSPS) is 10.1. The fraction of sp³-hybridized carbons (Fsp3) is 0.0909. The van der Waals surface area contributed by atoms with Crippen LogP contribution in [0.25, 0.3) is 0 Å². The third-order valence-corrected chi connectivity index (χ3v) is 3.95. The number of carbonyl (C=O) groups is 3. The summed E-state index contributed by atoms with van der Waals surface area (Å²) >= 11 is 0. The maximum absolute atomic E-state index is 12.5. The van der Waals surface area contributed by atoms with Gasteiger partial charge in [-0.15, -0.1) is 0 Å². The van der Waals surface area contributed by atoms with Gasteiger partial charge < -0.3 is 15.4 Å². The lowest BCUT2D eigenvalue weighted by Gasteiger charge is -2.12. The minimum absolute atomic E-state index is 0.112. The van der Waals surface area contributed by atoms with Crippen LogP contribution in [-0.2, 0) is 16.1 Å². The number of esters is 1. The molecule has 3 rings (SSSR count). The molecule has 29 heavy (non-hydrogen) atoms. The Morgan fingerprint density at radius 2 is 1.59 bits per heavy atom. The number of benzene rings is 2. The van der Waals surface area contributed by atoms with Gasteiger partial charge in [0.05, 0.1) is 11.3 Å². The van der Waals surface area contributed by atoms with Crippen LogP contribution in [0, 0.1) is 0 Å². The zero-order valence-corrected chi connectivity index (χ0v) is 15.5. The van der Waals surface area contributed by atoms with Crippen LogP contribution in [0.2, 0.25) is 0 Å². The van der Waals surface area contributed by atoms with Crippen LogP contribution < -0.4 is 10.6 Å². The van der Waals surface area contributed by atoms with Crippen molar-refractivity contribution in [2.24, 2.45) is 0 Å². The van der Waals surface area contributed by atoms with E-state index in [1.54, 1.807) is 36.4 Å². The summed E-state index contributed by atoms with van der Waals surface area (Å²) in [5, 5.41) is 5.42. The Bertz CT molecular complexity index is 991. The fourth-order valence-electron chi connectivity index (χ4n) is 2.54. The quantitative estimate of drug-likeness (QED) is 0.606. The molecule has 0 bridgehead atoms. The second kappa shape index (κ2) is 9.80. The van der Waals surface area contributed by atoms with Crippen molar-refractivity contribution in [3.05, 3.63) is 95.8 Å². The lowest BCUT2D eigenvalue weighted by atomic mass is 10.1.